The fraction of sp³-hybridized carbons (Fsp3) is 0.250. The van der Waals surface area contributed by atoms with Crippen LogP contribution in [0.25, 0.3) is 17.1 Å². The van der Waals surface area contributed by atoms with Crippen LogP contribution in [0.4, 0.5) is 0 Å². The van der Waals surface area contributed by atoms with Crippen molar-refractivity contribution < 1.29 is 4.42 Å². The zero-order chi connectivity index (χ0) is 20.1. The molecule has 6 nitrogen and oxygen atoms in total. The van der Waals surface area contributed by atoms with Gasteiger partial charge in [0.2, 0.25) is 0 Å². The lowest BCUT2D eigenvalue weighted by Gasteiger charge is -2.27. The van der Waals surface area contributed by atoms with Crippen molar-refractivity contribution >= 4 is 5.71 Å². The molecule has 1 aliphatic heterocycles. The van der Waals surface area contributed by atoms with Crippen LogP contribution in [0.5, 0.6) is 0 Å². The normalized spacial score (nSPS) is 18.2. The molecule has 0 N–H and O–H groups in total. The van der Waals surface area contributed by atoms with E-state index in [1.54, 1.807) is 6.20 Å². The third-order valence-electron chi connectivity index (χ3n) is 6.21. The molecule has 4 heterocycles. The van der Waals surface area contributed by atoms with Gasteiger partial charge in [-0.15, -0.1) is 0 Å². The maximum atomic E-state index is 5.56. The number of aromatic nitrogens is 4. The standard InChI is InChI=1S/C24H21N5O/c1-15-24-23(21-12-25-14-30-21)27-13-29(24)20-9-8-17(16-5-4-6-16)11-18(20)22(28-15)19-7-2-3-10-26-19/h2-3,7-16H,4-6H2,1H3/t15-/m1/s1. The van der Waals surface area contributed by atoms with Crippen molar-refractivity contribution in [3.63, 3.8) is 0 Å². The van der Waals surface area contributed by atoms with Gasteiger partial charge >= 0.3 is 0 Å². The van der Waals surface area contributed by atoms with E-state index in [4.69, 9.17) is 9.41 Å². The van der Waals surface area contributed by atoms with Crippen LogP contribution < -0.4 is 0 Å². The topological polar surface area (TPSA) is 69.1 Å². The van der Waals surface area contributed by atoms with Crippen molar-refractivity contribution in [2.45, 2.75) is 38.1 Å². The smallest absolute Gasteiger partial charge is 0.181 e. The Bertz CT molecular complexity index is 1240. The summed E-state index contributed by atoms with van der Waals surface area (Å²) in [7, 11) is 0. The first-order valence-electron chi connectivity index (χ1n) is 10.4. The Morgan fingerprint density at radius 3 is 2.77 bits per heavy atom. The van der Waals surface area contributed by atoms with Gasteiger partial charge < -0.3 is 4.42 Å². The molecule has 2 aliphatic rings. The van der Waals surface area contributed by atoms with Crippen LogP contribution in [0, 0.1) is 0 Å². The molecule has 0 bridgehead atoms. The minimum Gasteiger partial charge on any atom is -0.442 e. The molecule has 1 saturated carbocycles. The summed E-state index contributed by atoms with van der Waals surface area (Å²) in [5, 5.41) is 0. The lowest BCUT2D eigenvalue weighted by molar-refractivity contribution is 0.419. The predicted octanol–water partition coefficient (Wildman–Crippen LogP) is 5.10. The fourth-order valence-electron chi connectivity index (χ4n) is 4.45. The molecule has 148 valence electrons. The van der Waals surface area contributed by atoms with Crippen LogP contribution in [-0.2, 0) is 0 Å². The summed E-state index contributed by atoms with van der Waals surface area (Å²) in [6.45, 7) is 2.09. The quantitative estimate of drug-likeness (QED) is 0.484. The first-order chi connectivity index (χ1) is 14.8. The highest BCUT2D eigenvalue weighted by molar-refractivity contribution is 6.14. The molecular formula is C24H21N5O. The van der Waals surface area contributed by atoms with Gasteiger partial charge in [-0.3, -0.25) is 14.5 Å². The third kappa shape index (κ3) is 2.64. The number of hydrogen-bond donors (Lipinski definition) is 0. The van der Waals surface area contributed by atoms with E-state index in [0.717, 1.165) is 34.0 Å². The Balaban J connectivity index is 1.60. The minimum atomic E-state index is -0.121. The van der Waals surface area contributed by atoms with Crippen molar-refractivity contribution in [3.8, 4) is 17.1 Å². The summed E-state index contributed by atoms with van der Waals surface area (Å²) in [6, 6.07) is 12.6. The second kappa shape index (κ2) is 6.76. The molecule has 1 aromatic carbocycles. The number of benzene rings is 1. The number of nitrogens with zero attached hydrogens (tertiary/aromatic N) is 5. The Morgan fingerprint density at radius 1 is 1.10 bits per heavy atom. The Labute approximate surface area is 174 Å². The average molecular weight is 395 g/mol. The number of oxazole rings is 1. The molecule has 3 aromatic heterocycles. The number of imidazole rings is 1. The van der Waals surface area contributed by atoms with Gasteiger partial charge in [0, 0.05) is 11.8 Å². The van der Waals surface area contributed by atoms with Gasteiger partial charge in [0.15, 0.2) is 12.2 Å². The van der Waals surface area contributed by atoms with Crippen molar-refractivity contribution in [2.24, 2.45) is 4.99 Å². The first-order valence-corrected chi connectivity index (χ1v) is 10.4. The van der Waals surface area contributed by atoms with E-state index in [0.29, 0.717) is 11.7 Å². The largest absolute Gasteiger partial charge is 0.442 e. The Morgan fingerprint density at radius 2 is 2.03 bits per heavy atom. The fourth-order valence-corrected chi connectivity index (χ4v) is 4.45. The van der Waals surface area contributed by atoms with Crippen LogP contribution in [0.15, 0.2) is 70.9 Å². The molecular weight excluding hydrogens is 374 g/mol. The molecule has 4 aromatic rings. The van der Waals surface area contributed by atoms with Crippen molar-refractivity contribution in [1.82, 2.24) is 19.5 Å². The summed E-state index contributed by atoms with van der Waals surface area (Å²) in [5.74, 6) is 1.30. The van der Waals surface area contributed by atoms with Crippen LogP contribution >= 0.6 is 0 Å². The van der Waals surface area contributed by atoms with Crippen molar-refractivity contribution in [2.75, 3.05) is 0 Å². The summed E-state index contributed by atoms with van der Waals surface area (Å²) in [4.78, 5) is 18.5. The van der Waals surface area contributed by atoms with Crippen LogP contribution in [0.1, 0.15) is 60.7 Å². The zero-order valence-corrected chi connectivity index (χ0v) is 16.7. The Kier molecular flexibility index (Phi) is 3.91. The van der Waals surface area contributed by atoms with Gasteiger partial charge in [0.25, 0.3) is 0 Å². The SMILES string of the molecule is C[C@H]1N=C(c2ccccn2)c2cc(C3CCC3)ccc2-n2cnc(-c3cnco3)c21. The van der Waals surface area contributed by atoms with Crippen molar-refractivity contribution in [3.05, 3.63) is 84.0 Å². The molecule has 1 aliphatic carbocycles. The third-order valence-corrected chi connectivity index (χ3v) is 6.21. The minimum absolute atomic E-state index is 0.121. The molecule has 30 heavy (non-hydrogen) atoms. The van der Waals surface area contributed by atoms with E-state index in [9.17, 15) is 0 Å². The first kappa shape index (κ1) is 17.3. The van der Waals surface area contributed by atoms with Crippen molar-refractivity contribution in [1.29, 1.82) is 0 Å². The lowest BCUT2D eigenvalue weighted by Crippen LogP contribution is -2.13. The number of rotatable bonds is 3. The molecule has 6 heteroatoms. The summed E-state index contributed by atoms with van der Waals surface area (Å²) >= 11 is 0. The van der Waals surface area contributed by atoms with Crippen LogP contribution in [0.3, 0.4) is 0 Å². The molecule has 0 radical (unpaired) electrons. The van der Waals surface area contributed by atoms with Gasteiger partial charge in [-0.25, -0.2) is 9.97 Å². The summed E-state index contributed by atoms with van der Waals surface area (Å²) in [5.41, 5.74) is 7.14. The van der Waals surface area contributed by atoms with Gasteiger partial charge in [0.05, 0.1) is 35.0 Å². The van der Waals surface area contributed by atoms with E-state index >= 15 is 0 Å². The second-order valence-electron chi connectivity index (χ2n) is 7.99. The highest BCUT2D eigenvalue weighted by atomic mass is 16.3. The number of pyridine rings is 1. The molecule has 1 atom stereocenters. The molecule has 0 saturated heterocycles. The lowest BCUT2D eigenvalue weighted by atomic mass is 9.79. The van der Waals surface area contributed by atoms with E-state index in [-0.39, 0.29) is 6.04 Å². The van der Waals surface area contributed by atoms with Crippen LogP contribution in [0.2, 0.25) is 0 Å². The highest BCUT2D eigenvalue weighted by Gasteiger charge is 2.29. The molecule has 0 unspecified atom stereocenters. The Hall–Kier alpha value is -3.54. The maximum Gasteiger partial charge on any atom is 0.181 e. The van der Waals surface area contributed by atoms with E-state index in [1.807, 2.05) is 30.7 Å². The summed E-state index contributed by atoms with van der Waals surface area (Å²) < 4.78 is 7.70. The molecule has 6 rings (SSSR count). The maximum absolute atomic E-state index is 5.56. The zero-order valence-electron chi connectivity index (χ0n) is 16.7. The molecule has 0 amide bonds. The molecule has 0 spiro atoms. The van der Waals surface area contributed by atoms with Gasteiger partial charge in [-0.1, -0.05) is 18.6 Å². The molecule has 1 fully saturated rings. The van der Waals surface area contributed by atoms with Crippen LogP contribution in [-0.4, -0.2) is 25.2 Å². The van der Waals surface area contributed by atoms with E-state index in [1.165, 1.54) is 31.2 Å². The predicted molar refractivity (Wildman–Crippen MR) is 114 cm³/mol. The number of aliphatic imine (C=N–C) groups is 1. The van der Waals surface area contributed by atoms with Gasteiger partial charge in [0.1, 0.15) is 12.0 Å². The van der Waals surface area contributed by atoms with Gasteiger partial charge in [-0.2, -0.15) is 0 Å². The average Bonchev–Trinajstić information content (AvgIpc) is 3.39. The van der Waals surface area contributed by atoms with Gasteiger partial charge in [-0.05, 0) is 55.5 Å². The summed E-state index contributed by atoms with van der Waals surface area (Å²) in [6.07, 6.45) is 10.7. The second-order valence-corrected chi connectivity index (χ2v) is 7.99. The number of hydrogen-bond acceptors (Lipinski definition) is 5. The van der Waals surface area contributed by atoms with E-state index in [2.05, 4.69) is 44.6 Å². The number of fused-ring (bicyclic) bond motifs is 3. The van der Waals surface area contributed by atoms with E-state index < -0.39 is 0 Å². The highest BCUT2D eigenvalue weighted by Crippen LogP contribution is 2.40. The monoisotopic (exact) mass is 395 g/mol.